The van der Waals surface area contributed by atoms with E-state index in [1.54, 1.807) is 6.20 Å². The van der Waals surface area contributed by atoms with Crippen LogP contribution in [-0.2, 0) is 16.6 Å². The van der Waals surface area contributed by atoms with Gasteiger partial charge in [-0.3, -0.25) is 5.10 Å². The van der Waals surface area contributed by atoms with Crippen LogP contribution in [0.4, 0.5) is 0 Å². The first-order valence-corrected chi connectivity index (χ1v) is 9.12. The lowest BCUT2D eigenvalue weighted by atomic mass is 9.92. The van der Waals surface area contributed by atoms with Gasteiger partial charge in [-0.15, -0.1) is 0 Å². The zero-order valence-electron chi connectivity index (χ0n) is 12.6. The molecule has 6 nitrogen and oxygen atoms in total. The Labute approximate surface area is 126 Å². The van der Waals surface area contributed by atoms with Crippen LogP contribution >= 0.6 is 0 Å². The molecule has 0 aromatic carbocycles. The van der Waals surface area contributed by atoms with Crippen LogP contribution in [0.25, 0.3) is 0 Å². The smallest absolute Gasteiger partial charge is 0.258 e. The van der Waals surface area contributed by atoms with Gasteiger partial charge in [-0.25, -0.2) is 13.1 Å². The highest BCUT2D eigenvalue weighted by Gasteiger charge is 2.34. The zero-order chi connectivity index (χ0) is 15.1. The third kappa shape index (κ3) is 3.64. The molecule has 21 heavy (non-hydrogen) atoms. The topological polar surface area (TPSA) is 86.9 Å². The summed E-state index contributed by atoms with van der Waals surface area (Å²) in [5, 5.41) is 10.1. The molecule has 2 aliphatic rings. The molecule has 1 aromatic heterocycles. The number of aromatic amines is 1. The van der Waals surface area contributed by atoms with Crippen molar-refractivity contribution in [2.45, 2.75) is 69.6 Å². The highest BCUT2D eigenvalue weighted by Crippen LogP contribution is 2.37. The van der Waals surface area contributed by atoms with Crippen molar-refractivity contribution in [2.75, 3.05) is 0 Å². The summed E-state index contributed by atoms with van der Waals surface area (Å²) in [4.78, 5) is 0. The van der Waals surface area contributed by atoms with Gasteiger partial charge in [-0.1, -0.05) is 13.8 Å². The van der Waals surface area contributed by atoms with E-state index < -0.39 is 10.0 Å². The average Bonchev–Trinajstić information content (AvgIpc) is 2.97. The Hall–Kier alpha value is -0.920. The van der Waals surface area contributed by atoms with Crippen LogP contribution < -0.4 is 10.0 Å². The number of H-pyrrole nitrogens is 1. The van der Waals surface area contributed by atoms with E-state index in [0.717, 1.165) is 19.3 Å². The van der Waals surface area contributed by atoms with Crippen LogP contribution in [0.1, 0.15) is 51.5 Å². The maximum Gasteiger partial charge on any atom is 0.258 e. The minimum Gasteiger partial charge on any atom is -0.310 e. The number of nitrogens with zero attached hydrogens (tertiary/aromatic N) is 1. The summed E-state index contributed by atoms with van der Waals surface area (Å²) >= 11 is 0. The van der Waals surface area contributed by atoms with E-state index in [1.807, 2.05) is 0 Å². The van der Waals surface area contributed by atoms with Crippen molar-refractivity contribution in [3.8, 4) is 0 Å². The van der Waals surface area contributed by atoms with E-state index in [2.05, 4.69) is 34.1 Å². The molecule has 1 heterocycles. The Kier molecular flexibility index (Phi) is 3.83. The Morgan fingerprint density at radius 2 is 2.10 bits per heavy atom. The van der Waals surface area contributed by atoms with Crippen LogP contribution in [-0.4, -0.2) is 30.7 Å². The van der Waals surface area contributed by atoms with Crippen molar-refractivity contribution in [3.63, 3.8) is 0 Å². The number of rotatable bonds is 6. The third-order valence-corrected chi connectivity index (χ3v) is 5.93. The SMILES string of the molecule is CC1(C)CCC(NS(=O)(=O)c2[nH]ncc2CNC2CC2)C1. The fourth-order valence-electron chi connectivity index (χ4n) is 3.01. The summed E-state index contributed by atoms with van der Waals surface area (Å²) in [5.41, 5.74) is 0.934. The van der Waals surface area contributed by atoms with Gasteiger partial charge in [0, 0.05) is 24.2 Å². The average molecular weight is 312 g/mol. The van der Waals surface area contributed by atoms with Crippen molar-refractivity contribution in [1.29, 1.82) is 0 Å². The maximum absolute atomic E-state index is 12.5. The molecule has 1 atom stereocenters. The summed E-state index contributed by atoms with van der Waals surface area (Å²) in [6.07, 6.45) is 6.79. The molecule has 7 heteroatoms. The molecule has 3 rings (SSSR count). The van der Waals surface area contributed by atoms with Crippen LogP contribution in [0.5, 0.6) is 0 Å². The number of sulfonamides is 1. The summed E-state index contributed by atoms with van der Waals surface area (Å²) < 4.78 is 27.9. The second-order valence-electron chi connectivity index (χ2n) is 7.10. The van der Waals surface area contributed by atoms with Gasteiger partial charge in [0.2, 0.25) is 0 Å². The molecular weight excluding hydrogens is 288 g/mol. The van der Waals surface area contributed by atoms with Gasteiger partial charge in [0.1, 0.15) is 0 Å². The van der Waals surface area contributed by atoms with Gasteiger partial charge in [-0.2, -0.15) is 5.10 Å². The molecule has 0 amide bonds. The van der Waals surface area contributed by atoms with Crippen LogP contribution in [0.2, 0.25) is 0 Å². The molecular formula is C14H24N4O2S. The van der Waals surface area contributed by atoms with Crippen molar-refractivity contribution in [3.05, 3.63) is 11.8 Å². The fourth-order valence-corrected chi connectivity index (χ4v) is 4.42. The number of aromatic nitrogens is 2. The molecule has 0 radical (unpaired) electrons. The van der Waals surface area contributed by atoms with E-state index in [0.29, 0.717) is 18.2 Å². The van der Waals surface area contributed by atoms with E-state index in [1.165, 1.54) is 12.8 Å². The third-order valence-electron chi connectivity index (χ3n) is 4.40. The fraction of sp³-hybridized carbons (Fsp3) is 0.786. The van der Waals surface area contributed by atoms with E-state index >= 15 is 0 Å². The first-order valence-electron chi connectivity index (χ1n) is 7.64. The molecule has 0 spiro atoms. The molecule has 118 valence electrons. The van der Waals surface area contributed by atoms with Crippen molar-refractivity contribution in [1.82, 2.24) is 20.2 Å². The van der Waals surface area contributed by atoms with Crippen LogP contribution in [0.15, 0.2) is 11.2 Å². The predicted octanol–water partition coefficient (Wildman–Crippen LogP) is 1.52. The Bertz CT molecular complexity index is 604. The summed E-state index contributed by atoms with van der Waals surface area (Å²) in [5.74, 6) is 0. The van der Waals surface area contributed by atoms with Gasteiger partial charge in [-0.05, 0) is 37.5 Å². The van der Waals surface area contributed by atoms with Crippen molar-refractivity contribution in [2.24, 2.45) is 5.41 Å². The first kappa shape index (κ1) is 15.0. The maximum atomic E-state index is 12.5. The molecule has 0 bridgehead atoms. The standard InChI is InChI=1S/C14H24N4O2S/c1-14(2)6-5-12(7-14)18-21(19,20)13-10(9-16-17-13)8-15-11-3-4-11/h9,11-12,15,18H,3-8H2,1-2H3,(H,16,17). The summed E-state index contributed by atoms with van der Waals surface area (Å²) in [6, 6.07) is 0.566. The summed E-state index contributed by atoms with van der Waals surface area (Å²) in [7, 11) is -3.52. The lowest BCUT2D eigenvalue weighted by molar-refractivity contribution is 0.372. The second kappa shape index (κ2) is 5.37. The first-order chi connectivity index (χ1) is 9.86. The molecule has 2 saturated carbocycles. The van der Waals surface area contributed by atoms with Gasteiger partial charge in [0.15, 0.2) is 5.03 Å². The lowest BCUT2D eigenvalue weighted by Gasteiger charge is -2.17. The zero-order valence-corrected chi connectivity index (χ0v) is 13.5. The molecule has 1 aromatic rings. The minimum atomic E-state index is -3.52. The molecule has 0 aliphatic heterocycles. The van der Waals surface area contributed by atoms with Gasteiger partial charge in [0.05, 0.1) is 6.20 Å². The number of hydrogen-bond donors (Lipinski definition) is 3. The van der Waals surface area contributed by atoms with Crippen molar-refractivity contribution < 1.29 is 8.42 Å². The number of hydrogen-bond acceptors (Lipinski definition) is 4. The quantitative estimate of drug-likeness (QED) is 0.743. The van der Waals surface area contributed by atoms with Crippen molar-refractivity contribution >= 4 is 10.0 Å². The normalized spacial score (nSPS) is 25.3. The van der Waals surface area contributed by atoms with Crippen LogP contribution in [0.3, 0.4) is 0 Å². The van der Waals surface area contributed by atoms with E-state index in [9.17, 15) is 8.42 Å². The van der Waals surface area contributed by atoms with Gasteiger partial charge < -0.3 is 5.32 Å². The molecule has 3 N–H and O–H groups in total. The Morgan fingerprint density at radius 1 is 1.33 bits per heavy atom. The summed E-state index contributed by atoms with van der Waals surface area (Å²) in [6.45, 7) is 4.92. The molecule has 0 saturated heterocycles. The highest BCUT2D eigenvalue weighted by molar-refractivity contribution is 7.89. The molecule has 2 aliphatic carbocycles. The Morgan fingerprint density at radius 3 is 2.71 bits per heavy atom. The van der Waals surface area contributed by atoms with Gasteiger partial charge in [0.25, 0.3) is 10.0 Å². The monoisotopic (exact) mass is 312 g/mol. The van der Waals surface area contributed by atoms with Crippen LogP contribution in [0, 0.1) is 5.41 Å². The number of nitrogens with one attached hydrogen (secondary N) is 3. The predicted molar refractivity (Wildman–Crippen MR) is 80.2 cm³/mol. The minimum absolute atomic E-state index is 0.0255. The highest BCUT2D eigenvalue weighted by atomic mass is 32.2. The second-order valence-corrected chi connectivity index (χ2v) is 8.76. The van der Waals surface area contributed by atoms with Gasteiger partial charge >= 0.3 is 0 Å². The Balaban J connectivity index is 1.68. The largest absolute Gasteiger partial charge is 0.310 e. The molecule has 1 unspecified atom stereocenters. The lowest BCUT2D eigenvalue weighted by Crippen LogP contribution is -2.34. The van der Waals surface area contributed by atoms with E-state index in [-0.39, 0.29) is 16.5 Å². The molecule has 2 fully saturated rings. The van der Waals surface area contributed by atoms with E-state index in [4.69, 9.17) is 0 Å².